The van der Waals surface area contributed by atoms with E-state index >= 15 is 0 Å². The summed E-state index contributed by atoms with van der Waals surface area (Å²) in [6, 6.07) is 1.71. The van der Waals surface area contributed by atoms with Crippen molar-refractivity contribution < 1.29 is 14.6 Å². The second-order valence-electron chi connectivity index (χ2n) is 2.66. The molecule has 0 spiro atoms. The fourth-order valence-electron chi connectivity index (χ4n) is 0.903. The molecule has 76 valence electrons. The van der Waals surface area contributed by atoms with Gasteiger partial charge in [-0.15, -0.1) is 11.3 Å². The molecule has 1 heterocycles. The maximum Gasteiger partial charge on any atom is 0.349 e. The Bertz CT molecular complexity index is 370. The van der Waals surface area contributed by atoms with E-state index in [-0.39, 0.29) is 11.5 Å². The van der Waals surface area contributed by atoms with Gasteiger partial charge in [-0.25, -0.2) is 4.79 Å². The van der Waals surface area contributed by atoms with Crippen LogP contribution in [-0.4, -0.2) is 17.7 Å². The van der Waals surface area contributed by atoms with E-state index in [0.29, 0.717) is 10.2 Å². The summed E-state index contributed by atoms with van der Waals surface area (Å²) >= 11 is 4.34. The maximum absolute atomic E-state index is 10.8. The first-order valence-electron chi connectivity index (χ1n) is 3.80. The Balaban J connectivity index is 2.84. The number of hydrogen-bond acceptors (Lipinski definition) is 3. The zero-order valence-electron chi connectivity index (χ0n) is 7.54. The van der Waals surface area contributed by atoms with Crippen LogP contribution in [0.3, 0.4) is 0 Å². The summed E-state index contributed by atoms with van der Waals surface area (Å²) in [5.41, 5.74) is 0. The smallest absolute Gasteiger partial charge is 0.349 e. The van der Waals surface area contributed by atoms with Crippen molar-refractivity contribution in [1.29, 1.82) is 0 Å². The Labute approximate surface area is 94.1 Å². The lowest BCUT2D eigenvalue weighted by atomic mass is 10.4. The van der Waals surface area contributed by atoms with Gasteiger partial charge in [-0.2, -0.15) is 0 Å². The molecule has 0 aromatic carbocycles. The van der Waals surface area contributed by atoms with Gasteiger partial charge in [-0.1, -0.05) is 22.5 Å². The number of aromatic carboxylic acids is 1. The molecule has 5 heteroatoms. The number of hydrogen-bond donors (Lipinski definition) is 1. The van der Waals surface area contributed by atoms with Crippen molar-refractivity contribution in [2.75, 3.05) is 6.61 Å². The normalized spacial score (nSPS) is 9.86. The summed E-state index contributed by atoms with van der Waals surface area (Å²) < 4.78 is 5.94. The molecule has 0 amide bonds. The van der Waals surface area contributed by atoms with E-state index in [1.807, 2.05) is 6.92 Å². The van der Waals surface area contributed by atoms with E-state index in [0.717, 1.165) is 4.88 Å². The molecule has 0 aliphatic rings. The number of aryl methyl sites for hydroxylation is 1. The highest BCUT2D eigenvalue weighted by Gasteiger charge is 2.14. The Hall–Kier alpha value is -0.810. The Morgan fingerprint density at radius 1 is 1.79 bits per heavy atom. The molecule has 1 aromatic rings. The van der Waals surface area contributed by atoms with E-state index in [1.54, 1.807) is 6.07 Å². The molecule has 14 heavy (non-hydrogen) atoms. The van der Waals surface area contributed by atoms with Gasteiger partial charge in [0.25, 0.3) is 0 Å². The highest BCUT2D eigenvalue weighted by molar-refractivity contribution is 9.11. The summed E-state index contributed by atoms with van der Waals surface area (Å²) in [5, 5.41) is 8.84. The first-order chi connectivity index (χ1) is 6.50. The van der Waals surface area contributed by atoms with Gasteiger partial charge in [0.05, 0.1) is 0 Å². The fraction of sp³-hybridized carbons (Fsp3) is 0.222. The molecule has 3 nitrogen and oxygen atoms in total. The Kier molecular flexibility index (Phi) is 3.71. The van der Waals surface area contributed by atoms with Crippen LogP contribution in [0.5, 0.6) is 5.75 Å². The van der Waals surface area contributed by atoms with Crippen LogP contribution in [0.4, 0.5) is 0 Å². The van der Waals surface area contributed by atoms with Gasteiger partial charge < -0.3 is 9.84 Å². The van der Waals surface area contributed by atoms with E-state index in [2.05, 4.69) is 22.5 Å². The van der Waals surface area contributed by atoms with E-state index in [1.165, 1.54) is 11.3 Å². The summed E-state index contributed by atoms with van der Waals surface area (Å²) in [7, 11) is 0. The average molecular weight is 277 g/mol. The van der Waals surface area contributed by atoms with Crippen molar-refractivity contribution >= 4 is 33.2 Å². The van der Waals surface area contributed by atoms with E-state index in [4.69, 9.17) is 9.84 Å². The number of rotatable bonds is 4. The van der Waals surface area contributed by atoms with Crippen LogP contribution in [0.2, 0.25) is 0 Å². The molecule has 1 aromatic heterocycles. The molecule has 0 radical (unpaired) electrons. The number of carboxylic acid groups (broad SMARTS) is 1. The molecule has 0 aliphatic carbocycles. The standard InChI is InChI=1S/C9H9BrO3S/c1-5(10)4-13-7-3-6(2)14-8(7)9(11)12/h3H,1,4H2,2H3,(H,11,12). The van der Waals surface area contributed by atoms with Crippen molar-refractivity contribution in [3.05, 3.63) is 26.9 Å². The monoisotopic (exact) mass is 276 g/mol. The third-order valence-electron chi connectivity index (χ3n) is 1.40. The van der Waals surface area contributed by atoms with Gasteiger partial charge in [0.15, 0.2) is 4.88 Å². The SMILES string of the molecule is C=C(Br)COc1cc(C)sc1C(=O)O. The van der Waals surface area contributed by atoms with Crippen LogP contribution < -0.4 is 4.74 Å². The van der Waals surface area contributed by atoms with Crippen molar-refractivity contribution in [2.24, 2.45) is 0 Å². The minimum absolute atomic E-state index is 0.233. The first-order valence-corrected chi connectivity index (χ1v) is 5.41. The number of ether oxygens (including phenoxy) is 1. The fourth-order valence-corrected chi connectivity index (χ4v) is 1.81. The van der Waals surface area contributed by atoms with Gasteiger partial charge in [-0.05, 0) is 13.0 Å². The number of carbonyl (C=O) groups is 1. The van der Waals surface area contributed by atoms with Crippen LogP contribution in [0.15, 0.2) is 17.1 Å². The summed E-state index contributed by atoms with van der Waals surface area (Å²) in [6.45, 7) is 5.71. The molecule has 0 bridgehead atoms. The molecule has 0 unspecified atom stereocenters. The second kappa shape index (κ2) is 4.61. The highest BCUT2D eigenvalue weighted by atomic mass is 79.9. The van der Waals surface area contributed by atoms with Gasteiger partial charge in [0, 0.05) is 9.36 Å². The van der Waals surface area contributed by atoms with Crippen LogP contribution in [0.1, 0.15) is 14.5 Å². The largest absolute Gasteiger partial charge is 0.487 e. The first kappa shape index (κ1) is 11.3. The third-order valence-corrected chi connectivity index (χ3v) is 2.65. The van der Waals surface area contributed by atoms with E-state index < -0.39 is 5.97 Å². The van der Waals surface area contributed by atoms with Gasteiger partial charge in [0.1, 0.15) is 12.4 Å². The minimum Gasteiger partial charge on any atom is -0.487 e. The molecule has 0 saturated carbocycles. The van der Waals surface area contributed by atoms with E-state index in [9.17, 15) is 4.79 Å². The quantitative estimate of drug-likeness (QED) is 0.920. The zero-order valence-corrected chi connectivity index (χ0v) is 9.94. The predicted octanol–water partition coefficient (Wildman–Crippen LogP) is 3.04. The van der Waals surface area contributed by atoms with Crippen molar-refractivity contribution in [2.45, 2.75) is 6.92 Å². The van der Waals surface area contributed by atoms with Gasteiger partial charge in [-0.3, -0.25) is 0 Å². The molecule has 0 saturated heterocycles. The molecular weight excluding hydrogens is 268 g/mol. The molecule has 0 atom stereocenters. The topological polar surface area (TPSA) is 46.5 Å². The summed E-state index contributed by atoms with van der Waals surface area (Å²) in [6.07, 6.45) is 0. The molecule has 1 N–H and O–H groups in total. The number of thiophene rings is 1. The molecular formula is C9H9BrO3S. The lowest BCUT2D eigenvalue weighted by Gasteiger charge is -2.02. The van der Waals surface area contributed by atoms with Gasteiger partial charge >= 0.3 is 5.97 Å². The number of halogens is 1. The highest BCUT2D eigenvalue weighted by Crippen LogP contribution is 2.29. The maximum atomic E-state index is 10.8. The average Bonchev–Trinajstić information content (AvgIpc) is 2.43. The van der Waals surface area contributed by atoms with Crippen LogP contribution in [0.25, 0.3) is 0 Å². The lowest BCUT2D eigenvalue weighted by molar-refractivity contribution is 0.0698. The minimum atomic E-state index is -0.960. The van der Waals surface area contributed by atoms with Crippen LogP contribution in [0, 0.1) is 6.92 Å². The van der Waals surface area contributed by atoms with Crippen LogP contribution >= 0.6 is 27.3 Å². The number of carboxylic acids is 1. The predicted molar refractivity (Wildman–Crippen MR) is 59.6 cm³/mol. The molecule has 1 rings (SSSR count). The Morgan fingerprint density at radius 3 is 2.93 bits per heavy atom. The summed E-state index contributed by atoms with van der Waals surface area (Å²) in [5.74, 6) is -0.557. The molecule has 0 fully saturated rings. The molecule has 0 aliphatic heterocycles. The third kappa shape index (κ3) is 2.85. The lowest BCUT2D eigenvalue weighted by Crippen LogP contribution is -2.00. The van der Waals surface area contributed by atoms with Crippen molar-refractivity contribution in [1.82, 2.24) is 0 Å². The van der Waals surface area contributed by atoms with Gasteiger partial charge in [0.2, 0.25) is 0 Å². The second-order valence-corrected chi connectivity index (χ2v) is 5.04. The Morgan fingerprint density at radius 2 is 2.43 bits per heavy atom. The van der Waals surface area contributed by atoms with Crippen LogP contribution in [-0.2, 0) is 0 Å². The summed E-state index contributed by atoms with van der Waals surface area (Å²) in [4.78, 5) is 11.9. The zero-order chi connectivity index (χ0) is 10.7. The van der Waals surface area contributed by atoms with Crippen molar-refractivity contribution in [3.63, 3.8) is 0 Å². The van der Waals surface area contributed by atoms with Crippen molar-refractivity contribution in [3.8, 4) is 5.75 Å².